The number of hydrogen-bond acceptors (Lipinski definition) is 5. The summed E-state index contributed by atoms with van der Waals surface area (Å²) in [5.74, 6) is -0.460. The number of likely N-dealkylation sites (N-methyl/N-ethyl adjacent to an activating group) is 1. The lowest BCUT2D eigenvalue weighted by molar-refractivity contribution is 0.0519. The SMILES string of the molecule is CCOC(=O)c1ccn(-c2cccc(NC(=O)N3CCN(C)C[C@@H]3c3ccccc3)c2)n1. The van der Waals surface area contributed by atoms with Crippen LogP contribution in [0.1, 0.15) is 29.0 Å². The van der Waals surface area contributed by atoms with E-state index >= 15 is 0 Å². The highest BCUT2D eigenvalue weighted by molar-refractivity contribution is 5.90. The molecule has 0 bridgehead atoms. The third-order valence-electron chi connectivity index (χ3n) is 5.46. The number of nitrogens with one attached hydrogen (secondary N) is 1. The number of rotatable bonds is 5. The van der Waals surface area contributed by atoms with E-state index in [-0.39, 0.29) is 17.8 Å². The van der Waals surface area contributed by atoms with Crippen molar-refractivity contribution in [3.8, 4) is 5.69 Å². The zero-order valence-corrected chi connectivity index (χ0v) is 18.3. The first-order valence-electron chi connectivity index (χ1n) is 10.7. The van der Waals surface area contributed by atoms with Crippen LogP contribution in [0, 0.1) is 0 Å². The largest absolute Gasteiger partial charge is 0.461 e. The molecular formula is C24H27N5O3. The third kappa shape index (κ3) is 4.81. The van der Waals surface area contributed by atoms with E-state index < -0.39 is 5.97 Å². The predicted octanol–water partition coefficient (Wildman–Crippen LogP) is 3.57. The Kier molecular flexibility index (Phi) is 6.51. The van der Waals surface area contributed by atoms with Gasteiger partial charge in [-0.05, 0) is 43.8 Å². The highest BCUT2D eigenvalue weighted by atomic mass is 16.5. The Balaban J connectivity index is 1.50. The highest BCUT2D eigenvalue weighted by Gasteiger charge is 2.30. The van der Waals surface area contributed by atoms with Crippen LogP contribution in [0.15, 0.2) is 66.9 Å². The molecule has 2 amide bonds. The summed E-state index contributed by atoms with van der Waals surface area (Å²) in [4.78, 5) is 29.2. The first-order valence-corrected chi connectivity index (χ1v) is 10.7. The topological polar surface area (TPSA) is 79.7 Å². The molecule has 0 aliphatic carbocycles. The van der Waals surface area contributed by atoms with E-state index in [1.165, 1.54) is 0 Å². The van der Waals surface area contributed by atoms with E-state index in [9.17, 15) is 9.59 Å². The number of ether oxygens (including phenoxy) is 1. The minimum absolute atomic E-state index is 0.0172. The summed E-state index contributed by atoms with van der Waals surface area (Å²) in [7, 11) is 2.07. The molecule has 32 heavy (non-hydrogen) atoms. The normalized spacial score (nSPS) is 16.6. The molecule has 1 atom stereocenters. The average Bonchev–Trinajstić information content (AvgIpc) is 3.30. The maximum Gasteiger partial charge on any atom is 0.358 e. The first kappa shape index (κ1) is 21.6. The summed E-state index contributed by atoms with van der Waals surface area (Å²) in [6.45, 7) is 4.29. The molecule has 4 rings (SSSR count). The summed E-state index contributed by atoms with van der Waals surface area (Å²) < 4.78 is 6.58. The minimum atomic E-state index is -0.460. The van der Waals surface area contributed by atoms with Gasteiger partial charge in [0, 0.05) is 31.5 Å². The Labute approximate surface area is 187 Å². The van der Waals surface area contributed by atoms with Gasteiger partial charge in [0.05, 0.1) is 18.3 Å². The zero-order valence-electron chi connectivity index (χ0n) is 18.3. The summed E-state index contributed by atoms with van der Waals surface area (Å²) in [6.07, 6.45) is 1.69. The van der Waals surface area contributed by atoms with Crippen molar-refractivity contribution >= 4 is 17.7 Å². The molecule has 8 heteroatoms. The fourth-order valence-electron chi connectivity index (χ4n) is 3.83. The summed E-state index contributed by atoms with van der Waals surface area (Å²) in [5.41, 5.74) is 2.75. The van der Waals surface area contributed by atoms with Gasteiger partial charge < -0.3 is 19.9 Å². The number of aromatic nitrogens is 2. The summed E-state index contributed by atoms with van der Waals surface area (Å²) >= 11 is 0. The number of esters is 1. The van der Waals surface area contributed by atoms with Gasteiger partial charge in [-0.15, -0.1) is 0 Å². The van der Waals surface area contributed by atoms with Gasteiger partial charge in [0.15, 0.2) is 5.69 Å². The van der Waals surface area contributed by atoms with Gasteiger partial charge in [0.1, 0.15) is 0 Å². The number of carbonyl (C=O) groups is 2. The van der Waals surface area contributed by atoms with Crippen LogP contribution >= 0.6 is 0 Å². The Morgan fingerprint density at radius 3 is 2.69 bits per heavy atom. The van der Waals surface area contributed by atoms with Crippen molar-refractivity contribution in [1.82, 2.24) is 19.6 Å². The molecule has 1 aliphatic heterocycles. The van der Waals surface area contributed by atoms with E-state index in [2.05, 4.69) is 34.5 Å². The number of anilines is 1. The Morgan fingerprint density at radius 2 is 1.91 bits per heavy atom. The van der Waals surface area contributed by atoms with Crippen molar-refractivity contribution in [1.29, 1.82) is 0 Å². The maximum absolute atomic E-state index is 13.2. The molecular weight excluding hydrogens is 406 g/mol. The van der Waals surface area contributed by atoms with Crippen LogP contribution in [0.5, 0.6) is 0 Å². The molecule has 1 saturated heterocycles. The van der Waals surface area contributed by atoms with Gasteiger partial charge in [-0.1, -0.05) is 36.4 Å². The number of piperazine rings is 1. The number of amides is 2. The Hall–Kier alpha value is -3.65. The van der Waals surface area contributed by atoms with Gasteiger partial charge in [-0.25, -0.2) is 14.3 Å². The third-order valence-corrected chi connectivity index (χ3v) is 5.46. The molecule has 2 heterocycles. The number of carbonyl (C=O) groups excluding carboxylic acids is 2. The lowest BCUT2D eigenvalue weighted by atomic mass is 10.0. The summed E-state index contributed by atoms with van der Waals surface area (Å²) in [5, 5.41) is 7.30. The number of urea groups is 1. The highest BCUT2D eigenvalue weighted by Crippen LogP contribution is 2.26. The van der Waals surface area contributed by atoms with E-state index in [4.69, 9.17) is 4.74 Å². The van der Waals surface area contributed by atoms with Gasteiger partial charge in [0.25, 0.3) is 0 Å². The summed E-state index contributed by atoms with van der Waals surface area (Å²) in [6, 6.07) is 18.9. The van der Waals surface area contributed by atoms with E-state index in [1.807, 2.05) is 47.4 Å². The Morgan fingerprint density at radius 1 is 1.09 bits per heavy atom. The van der Waals surface area contributed by atoms with Crippen molar-refractivity contribution in [2.24, 2.45) is 0 Å². The molecule has 3 aromatic rings. The van der Waals surface area contributed by atoms with Crippen LogP contribution in [-0.2, 0) is 4.74 Å². The van der Waals surface area contributed by atoms with E-state index in [0.717, 1.165) is 24.3 Å². The molecule has 1 aliphatic rings. The second kappa shape index (κ2) is 9.65. The standard InChI is InChI=1S/C24H27N5O3/c1-3-32-23(30)21-12-13-29(26-21)20-11-7-10-19(16-20)25-24(31)28-15-14-27(2)17-22(28)18-8-5-4-6-9-18/h4-13,16,22H,3,14-15,17H2,1-2H3,(H,25,31)/t22-/m1/s1. The second-order valence-corrected chi connectivity index (χ2v) is 7.73. The molecule has 1 fully saturated rings. The van der Waals surface area contributed by atoms with Crippen molar-refractivity contribution in [3.63, 3.8) is 0 Å². The maximum atomic E-state index is 13.2. The molecule has 166 valence electrons. The van der Waals surface area contributed by atoms with Crippen LogP contribution in [0.4, 0.5) is 10.5 Å². The monoisotopic (exact) mass is 433 g/mol. The van der Waals surface area contributed by atoms with Crippen molar-refractivity contribution in [2.45, 2.75) is 13.0 Å². The predicted molar refractivity (Wildman–Crippen MR) is 122 cm³/mol. The van der Waals surface area contributed by atoms with Gasteiger partial charge >= 0.3 is 12.0 Å². The molecule has 0 unspecified atom stereocenters. The molecule has 1 N–H and O–H groups in total. The van der Waals surface area contributed by atoms with Crippen molar-refractivity contribution < 1.29 is 14.3 Å². The molecule has 1 aromatic heterocycles. The van der Waals surface area contributed by atoms with Gasteiger partial charge in [-0.2, -0.15) is 5.10 Å². The zero-order chi connectivity index (χ0) is 22.5. The fraction of sp³-hybridized carbons (Fsp3) is 0.292. The van der Waals surface area contributed by atoms with Crippen LogP contribution in [0.25, 0.3) is 5.69 Å². The van der Waals surface area contributed by atoms with Crippen LogP contribution in [0.2, 0.25) is 0 Å². The smallest absolute Gasteiger partial charge is 0.358 e. The fourth-order valence-corrected chi connectivity index (χ4v) is 3.83. The number of benzene rings is 2. The number of hydrogen-bond donors (Lipinski definition) is 1. The second-order valence-electron chi connectivity index (χ2n) is 7.73. The molecule has 2 aromatic carbocycles. The van der Waals surface area contributed by atoms with Gasteiger partial charge in [0.2, 0.25) is 0 Å². The Bertz CT molecular complexity index is 1080. The van der Waals surface area contributed by atoms with Crippen LogP contribution in [-0.4, -0.2) is 64.9 Å². The number of nitrogens with zero attached hydrogens (tertiary/aromatic N) is 4. The van der Waals surface area contributed by atoms with E-state index in [0.29, 0.717) is 18.8 Å². The first-order chi connectivity index (χ1) is 15.5. The molecule has 0 radical (unpaired) electrons. The van der Waals surface area contributed by atoms with Crippen LogP contribution < -0.4 is 5.32 Å². The van der Waals surface area contributed by atoms with Crippen LogP contribution in [0.3, 0.4) is 0 Å². The average molecular weight is 434 g/mol. The lowest BCUT2D eigenvalue weighted by Gasteiger charge is -2.40. The van der Waals surface area contributed by atoms with E-state index in [1.54, 1.807) is 23.9 Å². The van der Waals surface area contributed by atoms with Crippen molar-refractivity contribution in [3.05, 3.63) is 78.1 Å². The van der Waals surface area contributed by atoms with Gasteiger partial charge in [-0.3, -0.25) is 0 Å². The molecule has 0 saturated carbocycles. The quantitative estimate of drug-likeness (QED) is 0.623. The van der Waals surface area contributed by atoms with Crippen molar-refractivity contribution in [2.75, 3.05) is 38.6 Å². The lowest BCUT2D eigenvalue weighted by Crippen LogP contribution is -2.50. The molecule has 8 nitrogen and oxygen atoms in total. The molecule has 0 spiro atoms. The minimum Gasteiger partial charge on any atom is -0.461 e.